The van der Waals surface area contributed by atoms with Crippen LogP contribution in [0.5, 0.6) is 5.75 Å². The molecule has 0 heterocycles. The minimum atomic E-state index is 0.00205. The quantitative estimate of drug-likeness (QED) is 0.545. The van der Waals surface area contributed by atoms with E-state index in [2.05, 4.69) is 36.5 Å². The van der Waals surface area contributed by atoms with Crippen molar-refractivity contribution >= 4 is 0 Å². The van der Waals surface area contributed by atoms with Gasteiger partial charge in [0.1, 0.15) is 5.75 Å². The van der Waals surface area contributed by atoms with E-state index in [1.54, 1.807) is 12.1 Å². The fourth-order valence-electron chi connectivity index (χ4n) is 2.56. The molecule has 0 saturated heterocycles. The van der Waals surface area contributed by atoms with Crippen molar-refractivity contribution in [3.05, 3.63) is 101 Å². The molecule has 0 bridgehead atoms. The number of hydrogen-bond acceptors (Lipinski definition) is 3. The zero-order valence-corrected chi connectivity index (χ0v) is 17.2. The molecule has 0 aliphatic heterocycles. The Morgan fingerprint density at radius 1 is 0.750 bits per heavy atom. The lowest BCUT2D eigenvalue weighted by Crippen LogP contribution is -2.11. The molecule has 150 valence electrons. The Morgan fingerprint density at radius 3 is 1.86 bits per heavy atom. The first kappa shape index (κ1) is 23.4. The van der Waals surface area contributed by atoms with Crippen LogP contribution in [0.15, 0.2) is 78.9 Å². The number of nitrogens with one attached hydrogen (secondary N) is 1. The summed E-state index contributed by atoms with van der Waals surface area (Å²) in [5.74, 6) is 0.279. The summed E-state index contributed by atoms with van der Waals surface area (Å²) in [6.07, 6.45) is 0.681. The van der Waals surface area contributed by atoms with E-state index < -0.39 is 0 Å². The van der Waals surface area contributed by atoms with Crippen LogP contribution in [0.25, 0.3) is 0 Å². The van der Waals surface area contributed by atoms with E-state index in [4.69, 9.17) is 5.11 Å². The molecule has 3 N–H and O–H groups in total. The average molecular weight is 380 g/mol. The van der Waals surface area contributed by atoms with E-state index in [1.165, 1.54) is 5.56 Å². The molecule has 0 fully saturated rings. The monoisotopic (exact) mass is 379 g/mol. The van der Waals surface area contributed by atoms with Crippen LogP contribution < -0.4 is 5.32 Å². The molecular formula is C25H33NO2. The molecule has 0 aliphatic carbocycles. The number of hydrogen-bond donors (Lipinski definition) is 3. The molecule has 3 rings (SSSR count). The van der Waals surface area contributed by atoms with E-state index >= 15 is 0 Å². The van der Waals surface area contributed by atoms with Gasteiger partial charge in [0.15, 0.2) is 0 Å². The summed E-state index contributed by atoms with van der Waals surface area (Å²) in [4.78, 5) is 0. The molecule has 0 spiro atoms. The minimum Gasteiger partial charge on any atom is -0.508 e. The molecule has 0 aliphatic rings. The number of aliphatic hydroxyl groups excluding tert-OH is 1. The van der Waals surface area contributed by atoms with Crippen molar-refractivity contribution < 1.29 is 10.2 Å². The fourth-order valence-corrected chi connectivity index (χ4v) is 2.56. The van der Waals surface area contributed by atoms with Crippen LogP contribution in [0.4, 0.5) is 0 Å². The van der Waals surface area contributed by atoms with Crippen LogP contribution in [-0.4, -0.2) is 16.8 Å². The first-order chi connectivity index (χ1) is 13.7. The molecule has 3 nitrogen and oxygen atoms in total. The van der Waals surface area contributed by atoms with Gasteiger partial charge in [0.2, 0.25) is 0 Å². The first-order valence-electron chi connectivity index (χ1n) is 9.93. The van der Waals surface area contributed by atoms with Gasteiger partial charge in [-0.1, -0.05) is 87.5 Å². The molecule has 0 atom stereocenters. The van der Waals surface area contributed by atoms with E-state index in [0.717, 1.165) is 29.8 Å². The Balaban J connectivity index is 0.000000281. The van der Waals surface area contributed by atoms with E-state index in [9.17, 15) is 5.11 Å². The molecule has 3 aromatic rings. The standard InChI is InChI=1S/C14H14O2.C9H13N.C2H6/c15-10-12-6-7-14(16)13(9-12)8-11-4-2-1-3-5-11;1-2-10-8-9-6-4-3-5-7-9;1-2/h1-7,9,15-16H,8,10H2;3-7,10H,2,8H2,1H3;1-2H3. The highest BCUT2D eigenvalue weighted by atomic mass is 16.3. The third kappa shape index (κ3) is 8.85. The molecule has 0 saturated carbocycles. The first-order valence-corrected chi connectivity index (χ1v) is 9.93. The van der Waals surface area contributed by atoms with Gasteiger partial charge >= 0.3 is 0 Å². The molecule has 0 aromatic heterocycles. The highest BCUT2D eigenvalue weighted by molar-refractivity contribution is 5.39. The van der Waals surface area contributed by atoms with E-state index in [0.29, 0.717) is 6.42 Å². The molecule has 0 radical (unpaired) electrons. The number of rotatable bonds is 6. The molecule has 3 aromatic carbocycles. The number of benzene rings is 3. The summed E-state index contributed by atoms with van der Waals surface area (Å²) in [5, 5.41) is 22.0. The van der Waals surface area contributed by atoms with Gasteiger partial charge in [-0.3, -0.25) is 0 Å². The topological polar surface area (TPSA) is 52.5 Å². The number of phenolic OH excluding ortho intramolecular Hbond substituents is 1. The van der Waals surface area contributed by atoms with Gasteiger partial charge < -0.3 is 15.5 Å². The summed E-state index contributed by atoms with van der Waals surface area (Å²) in [5.41, 5.74) is 4.17. The molecule has 28 heavy (non-hydrogen) atoms. The normalized spacial score (nSPS) is 9.57. The molecule has 3 heteroatoms. The van der Waals surface area contributed by atoms with Crippen molar-refractivity contribution in [2.45, 2.75) is 40.3 Å². The largest absolute Gasteiger partial charge is 0.508 e. The van der Waals surface area contributed by atoms with Gasteiger partial charge in [0.25, 0.3) is 0 Å². The smallest absolute Gasteiger partial charge is 0.119 e. The van der Waals surface area contributed by atoms with Gasteiger partial charge in [0.05, 0.1) is 6.61 Å². The Bertz CT molecular complexity index is 758. The second kappa shape index (κ2) is 14.4. The third-order valence-corrected chi connectivity index (χ3v) is 3.99. The maximum Gasteiger partial charge on any atom is 0.119 e. The van der Waals surface area contributed by atoms with Crippen LogP contribution in [-0.2, 0) is 19.6 Å². The second-order valence-corrected chi connectivity index (χ2v) is 6.05. The highest BCUT2D eigenvalue weighted by Gasteiger charge is 2.03. The lowest BCUT2D eigenvalue weighted by atomic mass is 10.0. The van der Waals surface area contributed by atoms with Crippen LogP contribution >= 0.6 is 0 Å². The van der Waals surface area contributed by atoms with Gasteiger partial charge in [-0.25, -0.2) is 0 Å². The molecular weight excluding hydrogens is 346 g/mol. The van der Waals surface area contributed by atoms with Crippen LogP contribution in [0, 0.1) is 0 Å². The zero-order chi connectivity index (χ0) is 20.6. The average Bonchev–Trinajstić information content (AvgIpc) is 2.77. The van der Waals surface area contributed by atoms with Crippen molar-refractivity contribution in [2.75, 3.05) is 6.54 Å². The summed E-state index contributed by atoms with van der Waals surface area (Å²) < 4.78 is 0. The Morgan fingerprint density at radius 2 is 1.32 bits per heavy atom. The predicted octanol–water partition coefficient (Wildman–Crippen LogP) is 5.30. The second-order valence-electron chi connectivity index (χ2n) is 6.05. The van der Waals surface area contributed by atoms with Gasteiger partial charge in [-0.05, 0) is 40.9 Å². The fraction of sp³-hybridized carbons (Fsp3) is 0.280. The number of aliphatic hydroxyl groups is 1. The third-order valence-electron chi connectivity index (χ3n) is 3.99. The lowest BCUT2D eigenvalue weighted by Gasteiger charge is -2.06. The highest BCUT2D eigenvalue weighted by Crippen LogP contribution is 2.21. The maximum absolute atomic E-state index is 9.71. The summed E-state index contributed by atoms with van der Waals surface area (Å²) in [7, 11) is 0. The zero-order valence-electron chi connectivity index (χ0n) is 17.2. The molecule has 0 unspecified atom stereocenters. The molecule has 0 amide bonds. The van der Waals surface area contributed by atoms with Crippen molar-refractivity contribution in [3.8, 4) is 5.75 Å². The van der Waals surface area contributed by atoms with Gasteiger partial charge in [-0.2, -0.15) is 0 Å². The summed E-state index contributed by atoms with van der Waals surface area (Å²) in [6.45, 7) is 8.14. The van der Waals surface area contributed by atoms with Crippen LogP contribution in [0.3, 0.4) is 0 Å². The van der Waals surface area contributed by atoms with E-state index in [1.807, 2.05) is 56.3 Å². The van der Waals surface area contributed by atoms with Gasteiger partial charge in [-0.15, -0.1) is 0 Å². The summed E-state index contributed by atoms with van der Waals surface area (Å²) >= 11 is 0. The predicted molar refractivity (Wildman–Crippen MR) is 118 cm³/mol. The SMILES string of the molecule is CC.CCNCc1ccccc1.OCc1ccc(O)c(Cc2ccccc2)c1. The van der Waals surface area contributed by atoms with Crippen molar-refractivity contribution in [1.82, 2.24) is 5.32 Å². The Labute approximate surface area is 169 Å². The van der Waals surface area contributed by atoms with Crippen LogP contribution in [0.2, 0.25) is 0 Å². The van der Waals surface area contributed by atoms with E-state index in [-0.39, 0.29) is 12.4 Å². The van der Waals surface area contributed by atoms with Crippen molar-refractivity contribution in [1.29, 1.82) is 0 Å². The summed E-state index contributed by atoms with van der Waals surface area (Å²) in [6, 6.07) is 25.6. The maximum atomic E-state index is 9.71. The Kier molecular flexibility index (Phi) is 12.1. The number of aromatic hydroxyl groups is 1. The minimum absolute atomic E-state index is 0.00205. The van der Waals surface area contributed by atoms with Crippen LogP contribution in [0.1, 0.15) is 43.0 Å². The number of phenols is 1. The van der Waals surface area contributed by atoms with Crippen molar-refractivity contribution in [2.24, 2.45) is 0 Å². The Hall–Kier alpha value is -2.62. The van der Waals surface area contributed by atoms with Gasteiger partial charge in [0, 0.05) is 13.0 Å². The lowest BCUT2D eigenvalue weighted by molar-refractivity contribution is 0.281. The van der Waals surface area contributed by atoms with Crippen molar-refractivity contribution in [3.63, 3.8) is 0 Å².